The Kier molecular flexibility index (Phi) is 382. The number of nitrogens with one attached hydrogen (secondary N) is 1. The van der Waals surface area contributed by atoms with E-state index in [1.807, 2.05) is 27.7 Å². The first-order valence-corrected chi connectivity index (χ1v) is 2.79. The van der Waals surface area contributed by atoms with E-state index >= 15 is 0 Å². The SMILES string of the molecule is CC.CC.CNN. The highest BCUT2D eigenvalue weighted by atomic mass is 15.2. The molecule has 0 saturated heterocycles. The van der Waals surface area contributed by atoms with E-state index < -0.39 is 0 Å². The van der Waals surface area contributed by atoms with Crippen molar-refractivity contribution in [2.24, 2.45) is 5.84 Å². The lowest BCUT2D eigenvalue weighted by Crippen LogP contribution is -2.13. The molecule has 48 valence electrons. The van der Waals surface area contributed by atoms with Crippen molar-refractivity contribution in [3.8, 4) is 0 Å². The Morgan fingerprint density at radius 2 is 1.00 bits per heavy atom. The Hall–Kier alpha value is -0.0800. The van der Waals surface area contributed by atoms with Gasteiger partial charge in [-0.05, 0) is 7.05 Å². The molecule has 0 aromatic carbocycles. The summed E-state index contributed by atoms with van der Waals surface area (Å²) < 4.78 is 0. The van der Waals surface area contributed by atoms with Gasteiger partial charge in [-0.2, -0.15) is 0 Å². The van der Waals surface area contributed by atoms with Gasteiger partial charge in [0.1, 0.15) is 0 Å². The maximum Gasteiger partial charge on any atom is -0.00172 e. The fraction of sp³-hybridized carbons (Fsp3) is 1.00. The number of hydrogen-bond donors (Lipinski definition) is 2. The van der Waals surface area contributed by atoms with Crippen molar-refractivity contribution in [1.82, 2.24) is 5.43 Å². The lowest BCUT2D eigenvalue weighted by Gasteiger charge is -1.62. The van der Waals surface area contributed by atoms with Crippen molar-refractivity contribution in [3.05, 3.63) is 0 Å². The van der Waals surface area contributed by atoms with Gasteiger partial charge in [0.2, 0.25) is 0 Å². The molecule has 0 saturated carbocycles. The molecule has 0 aliphatic heterocycles. The van der Waals surface area contributed by atoms with E-state index in [1.54, 1.807) is 7.05 Å². The average molecular weight is 106 g/mol. The summed E-state index contributed by atoms with van der Waals surface area (Å²) in [5.41, 5.74) is 2.25. The van der Waals surface area contributed by atoms with Crippen LogP contribution in [0.1, 0.15) is 27.7 Å². The maximum atomic E-state index is 4.60. The van der Waals surface area contributed by atoms with Gasteiger partial charge in [0.05, 0.1) is 0 Å². The lowest BCUT2D eigenvalue weighted by molar-refractivity contribution is 0.900. The Labute approximate surface area is 47.1 Å². The minimum absolute atomic E-state index is 1.65. The van der Waals surface area contributed by atoms with Crippen LogP contribution in [-0.2, 0) is 0 Å². The van der Waals surface area contributed by atoms with Crippen molar-refractivity contribution in [1.29, 1.82) is 0 Å². The van der Waals surface area contributed by atoms with E-state index in [4.69, 9.17) is 0 Å². The van der Waals surface area contributed by atoms with Gasteiger partial charge in [-0.15, -0.1) is 0 Å². The Morgan fingerprint density at radius 3 is 1.00 bits per heavy atom. The van der Waals surface area contributed by atoms with E-state index in [1.165, 1.54) is 0 Å². The minimum atomic E-state index is 1.65. The normalized spacial score (nSPS) is 4.29. The molecule has 7 heavy (non-hydrogen) atoms. The molecule has 2 heteroatoms. The Balaban J connectivity index is -0.0000000360. The van der Waals surface area contributed by atoms with Gasteiger partial charge in [-0.3, -0.25) is 11.3 Å². The summed E-state index contributed by atoms with van der Waals surface area (Å²) in [5, 5.41) is 0. The smallest absolute Gasteiger partial charge is 0.00172 e. The third kappa shape index (κ3) is 14200. The molecule has 0 fully saturated rings. The molecule has 2 nitrogen and oxygen atoms in total. The van der Waals surface area contributed by atoms with Crippen molar-refractivity contribution in [2.75, 3.05) is 7.05 Å². The van der Waals surface area contributed by atoms with Crippen LogP contribution in [0.3, 0.4) is 0 Å². The van der Waals surface area contributed by atoms with Crippen molar-refractivity contribution >= 4 is 0 Å². The fourth-order valence-corrected chi connectivity index (χ4v) is 0. The standard InChI is InChI=1S/2C2H6.CH6N2/c2*1-2;1-3-2/h2*1-2H3;3H,2H2,1H3. The lowest BCUT2D eigenvalue weighted by atomic mass is 11.0. The Morgan fingerprint density at radius 1 is 1.00 bits per heavy atom. The van der Waals surface area contributed by atoms with Crippen LogP contribution in [0.4, 0.5) is 0 Å². The molecule has 3 N–H and O–H groups in total. The van der Waals surface area contributed by atoms with Crippen LogP contribution in [0.5, 0.6) is 0 Å². The summed E-state index contributed by atoms with van der Waals surface area (Å²) >= 11 is 0. The van der Waals surface area contributed by atoms with Crippen molar-refractivity contribution < 1.29 is 0 Å². The van der Waals surface area contributed by atoms with Gasteiger partial charge < -0.3 is 0 Å². The van der Waals surface area contributed by atoms with Crippen LogP contribution in [0.15, 0.2) is 0 Å². The second kappa shape index (κ2) is 169. The molecule has 0 radical (unpaired) electrons. The van der Waals surface area contributed by atoms with Crippen LogP contribution in [0.2, 0.25) is 0 Å². The van der Waals surface area contributed by atoms with Gasteiger partial charge in [0, 0.05) is 0 Å². The third-order valence-corrected chi connectivity index (χ3v) is 0. The highest BCUT2D eigenvalue weighted by Gasteiger charge is 1.22. The van der Waals surface area contributed by atoms with Crippen LogP contribution in [0.25, 0.3) is 0 Å². The number of hydrogen-bond acceptors (Lipinski definition) is 2. The Bertz CT molecular complexity index is 6.04. The molecule has 0 aromatic heterocycles. The van der Waals surface area contributed by atoms with E-state index in [0.717, 1.165) is 0 Å². The minimum Gasteiger partial charge on any atom is -0.272 e. The molecular formula is C5H18N2. The van der Waals surface area contributed by atoms with Crippen molar-refractivity contribution in [2.45, 2.75) is 27.7 Å². The molecule has 0 aliphatic carbocycles. The van der Waals surface area contributed by atoms with Crippen molar-refractivity contribution in [3.63, 3.8) is 0 Å². The van der Waals surface area contributed by atoms with Crippen LogP contribution in [0, 0.1) is 0 Å². The first-order chi connectivity index (χ1) is 3.41. The second-order valence-corrected chi connectivity index (χ2v) is 0.289. The second-order valence-electron chi connectivity index (χ2n) is 0.289. The van der Waals surface area contributed by atoms with Gasteiger partial charge in [-0.25, -0.2) is 0 Å². The predicted octanol–water partition coefficient (Wildman–Crippen LogP) is 1.13. The third-order valence-electron chi connectivity index (χ3n) is 0. The highest BCUT2D eigenvalue weighted by molar-refractivity contribution is 3.79. The van der Waals surface area contributed by atoms with Crippen LogP contribution in [-0.4, -0.2) is 7.05 Å². The summed E-state index contributed by atoms with van der Waals surface area (Å²) in [4.78, 5) is 0. The summed E-state index contributed by atoms with van der Waals surface area (Å²) in [6.45, 7) is 8.00. The van der Waals surface area contributed by atoms with Gasteiger partial charge >= 0.3 is 0 Å². The first kappa shape index (κ1) is 15.8. The largest absolute Gasteiger partial charge is 0.272 e. The molecule has 0 spiro atoms. The zero-order valence-corrected chi connectivity index (χ0v) is 6.08. The molecule has 0 unspecified atom stereocenters. The molecule has 0 heterocycles. The summed E-state index contributed by atoms with van der Waals surface area (Å²) in [5.74, 6) is 4.60. The van der Waals surface area contributed by atoms with E-state index in [-0.39, 0.29) is 0 Å². The first-order valence-electron chi connectivity index (χ1n) is 2.79. The molecule has 0 bridgehead atoms. The van der Waals surface area contributed by atoms with Crippen LogP contribution < -0.4 is 11.3 Å². The van der Waals surface area contributed by atoms with E-state index in [9.17, 15) is 0 Å². The molecule has 0 aromatic rings. The molecule has 0 aliphatic rings. The van der Waals surface area contributed by atoms with Gasteiger partial charge in [0.15, 0.2) is 0 Å². The predicted molar refractivity (Wildman–Crippen MR) is 35.9 cm³/mol. The molecule has 0 atom stereocenters. The van der Waals surface area contributed by atoms with Crippen LogP contribution >= 0.6 is 0 Å². The zero-order chi connectivity index (χ0) is 6.71. The number of nitrogens with two attached hydrogens (primary N) is 1. The number of rotatable bonds is 0. The topological polar surface area (TPSA) is 38.0 Å². The van der Waals surface area contributed by atoms with E-state index in [0.29, 0.717) is 0 Å². The average Bonchev–Trinajstić information content (AvgIpc) is 1.78. The monoisotopic (exact) mass is 106 g/mol. The fourth-order valence-electron chi connectivity index (χ4n) is 0. The van der Waals surface area contributed by atoms with Gasteiger partial charge in [0.25, 0.3) is 0 Å². The van der Waals surface area contributed by atoms with Gasteiger partial charge in [-0.1, -0.05) is 27.7 Å². The molecular weight excluding hydrogens is 88.1 g/mol. The molecule has 0 amide bonds. The van der Waals surface area contributed by atoms with E-state index in [2.05, 4.69) is 11.3 Å². The summed E-state index contributed by atoms with van der Waals surface area (Å²) in [6.07, 6.45) is 0. The quantitative estimate of drug-likeness (QED) is 0.359. The maximum absolute atomic E-state index is 4.60. The molecule has 0 rings (SSSR count). The summed E-state index contributed by atoms with van der Waals surface area (Å²) in [6, 6.07) is 0. The highest BCUT2D eigenvalue weighted by Crippen LogP contribution is 1.15. The number of hydrazine groups is 1. The summed E-state index contributed by atoms with van der Waals surface area (Å²) in [7, 11) is 1.65. The zero-order valence-electron chi connectivity index (χ0n) is 6.08.